The maximum atomic E-state index is 11.0. The normalized spacial score (nSPS) is 12.0. The number of nitrogens with one attached hydrogen (secondary N) is 1. The molecule has 1 heterocycles. The van der Waals surface area contributed by atoms with Gasteiger partial charge in [0.1, 0.15) is 5.52 Å². The number of carboxylic acids is 1. The summed E-state index contributed by atoms with van der Waals surface area (Å²) in [7, 11) is 0. The number of benzene rings is 1. The minimum Gasteiger partial charge on any atom is -0.481 e. The SMILES string of the molecule is CC(CNc1ccc([N+](=O)[O-])c2ncccc12)CC(=O)O. The third kappa shape index (κ3) is 3.44. The van der Waals surface area contributed by atoms with E-state index in [1.54, 1.807) is 18.2 Å². The Morgan fingerprint density at radius 2 is 2.24 bits per heavy atom. The summed E-state index contributed by atoms with van der Waals surface area (Å²) in [5.41, 5.74) is 0.981. The van der Waals surface area contributed by atoms with E-state index < -0.39 is 10.9 Å². The zero-order valence-electron chi connectivity index (χ0n) is 11.4. The van der Waals surface area contributed by atoms with Gasteiger partial charge in [0.25, 0.3) is 5.69 Å². The number of hydrogen-bond donors (Lipinski definition) is 2. The molecule has 2 aromatic rings. The molecule has 0 saturated heterocycles. The van der Waals surface area contributed by atoms with E-state index in [0.717, 1.165) is 0 Å². The molecule has 7 nitrogen and oxygen atoms in total. The first-order chi connectivity index (χ1) is 9.99. The molecule has 2 rings (SSSR count). The van der Waals surface area contributed by atoms with Crippen LogP contribution in [0.15, 0.2) is 30.5 Å². The summed E-state index contributed by atoms with van der Waals surface area (Å²) in [5.74, 6) is -0.899. The molecule has 0 amide bonds. The number of anilines is 1. The van der Waals surface area contributed by atoms with E-state index in [1.165, 1.54) is 12.3 Å². The van der Waals surface area contributed by atoms with Crippen LogP contribution in [0.25, 0.3) is 10.9 Å². The molecule has 0 aliphatic heterocycles. The number of rotatable bonds is 6. The van der Waals surface area contributed by atoms with Crippen LogP contribution in [0.1, 0.15) is 13.3 Å². The zero-order valence-corrected chi connectivity index (χ0v) is 11.4. The number of hydrogen-bond acceptors (Lipinski definition) is 5. The van der Waals surface area contributed by atoms with Crippen LogP contribution in [0.2, 0.25) is 0 Å². The van der Waals surface area contributed by atoms with Gasteiger partial charge >= 0.3 is 5.97 Å². The maximum absolute atomic E-state index is 11.0. The first-order valence-corrected chi connectivity index (χ1v) is 6.47. The van der Waals surface area contributed by atoms with Crippen LogP contribution in [-0.4, -0.2) is 27.5 Å². The molecule has 1 aromatic heterocycles. The number of aromatic nitrogens is 1. The lowest BCUT2D eigenvalue weighted by atomic mass is 10.1. The van der Waals surface area contributed by atoms with Crippen molar-refractivity contribution >= 4 is 28.2 Å². The molecular formula is C14H15N3O4. The average molecular weight is 289 g/mol. The number of pyridine rings is 1. The molecule has 0 fully saturated rings. The summed E-state index contributed by atoms with van der Waals surface area (Å²) in [6, 6.07) is 6.48. The summed E-state index contributed by atoms with van der Waals surface area (Å²) >= 11 is 0. The fraction of sp³-hybridized carbons (Fsp3) is 0.286. The highest BCUT2D eigenvalue weighted by Crippen LogP contribution is 2.29. The predicted molar refractivity (Wildman–Crippen MR) is 78.3 cm³/mol. The highest BCUT2D eigenvalue weighted by molar-refractivity contribution is 5.96. The second-order valence-corrected chi connectivity index (χ2v) is 4.87. The zero-order chi connectivity index (χ0) is 15.4. The summed E-state index contributed by atoms with van der Waals surface area (Å²) in [6.45, 7) is 2.29. The van der Waals surface area contributed by atoms with Gasteiger partial charge in [0, 0.05) is 36.3 Å². The number of nitro groups is 1. The van der Waals surface area contributed by atoms with Crippen molar-refractivity contribution in [1.82, 2.24) is 4.98 Å². The number of non-ortho nitro benzene ring substituents is 1. The van der Waals surface area contributed by atoms with Crippen molar-refractivity contribution in [2.45, 2.75) is 13.3 Å². The second-order valence-electron chi connectivity index (χ2n) is 4.87. The number of nitrogens with zero attached hydrogens (tertiary/aromatic N) is 2. The molecule has 0 saturated carbocycles. The lowest BCUT2D eigenvalue weighted by Gasteiger charge is -2.13. The summed E-state index contributed by atoms with van der Waals surface area (Å²) in [4.78, 5) is 25.2. The van der Waals surface area contributed by atoms with E-state index in [0.29, 0.717) is 23.1 Å². The molecule has 0 spiro atoms. The molecule has 2 N–H and O–H groups in total. The molecule has 1 atom stereocenters. The molecule has 1 aromatic carbocycles. The number of fused-ring (bicyclic) bond motifs is 1. The minimum atomic E-state index is -0.848. The van der Waals surface area contributed by atoms with Gasteiger partial charge in [-0.3, -0.25) is 14.9 Å². The lowest BCUT2D eigenvalue weighted by molar-refractivity contribution is -0.383. The van der Waals surface area contributed by atoms with E-state index in [-0.39, 0.29) is 18.0 Å². The molecule has 110 valence electrons. The van der Waals surface area contributed by atoms with Gasteiger partial charge in [-0.1, -0.05) is 6.92 Å². The summed E-state index contributed by atoms with van der Waals surface area (Å²) in [6.07, 6.45) is 1.57. The fourth-order valence-corrected chi connectivity index (χ4v) is 2.11. The Labute approximate surface area is 120 Å². The number of carbonyl (C=O) groups is 1. The molecule has 0 aliphatic carbocycles. The third-order valence-corrected chi connectivity index (χ3v) is 3.11. The molecule has 1 unspecified atom stereocenters. The van der Waals surface area contributed by atoms with E-state index in [4.69, 9.17) is 5.11 Å². The van der Waals surface area contributed by atoms with Gasteiger partial charge in [-0.2, -0.15) is 0 Å². The molecule has 0 bridgehead atoms. The fourth-order valence-electron chi connectivity index (χ4n) is 2.11. The number of carboxylic acid groups (broad SMARTS) is 1. The van der Waals surface area contributed by atoms with Crippen LogP contribution < -0.4 is 5.32 Å². The largest absolute Gasteiger partial charge is 0.481 e. The van der Waals surface area contributed by atoms with Gasteiger partial charge in [-0.05, 0) is 24.1 Å². The lowest BCUT2D eigenvalue weighted by Crippen LogP contribution is -2.15. The standard InChI is InChI=1S/C14H15N3O4/c1-9(7-13(18)19)8-16-11-4-5-12(17(20)21)14-10(11)3-2-6-15-14/h2-6,9,16H,7-8H2,1H3,(H,18,19). The third-order valence-electron chi connectivity index (χ3n) is 3.11. The van der Waals surface area contributed by atoms with Gasteiger partial charge < -0.3 is 10.4 Å². The smallest absolute Gasteiger partial charge is 0.303 e. The Bertz CT molecular complexity index is 687. The van der Waals surface area contributed by atoms with Crippen LogP contribution >= 0.6 is 0 Å². The van der Waals surface area contributed by atoms with Crippen LogP contribution in [0.5, 0.6) is 0 Å². The highest BCUT2D eigenvalue weighted by atomic mass is 16.6. The van der Waals surface area contributed by atoms with Crippen molar-refractivity contribution in [3.63, 3.8) is 0 Å². The van der Waals surface area contributed by atoms with Crippen molar-refractivity contribution in [3.8, 4) is 0 Å². The Hall–Kier alpha value is -2.70. The quantitative estimate of drug-likeness (QED) is 0.625. The molecule has 7 heteroatoms. The Kier molecular flexibility index (Phi) is 4.32. The monoisotopic (exact) mass is 289 g/mol. The predicted octanol–water partition coefficient (Wildman–Crippen LogP) is 2.67. The average Bonchev–Trinajstić information content (AvgIpc) is 2.43. The maximum Gasteiger partial charge on any atom is 0.303 e. The van der Waals surface area contributed by atoms with Crippen LogP contribution in [0.3, 0.4) is 0 Å². The van der Waals surface area contributed by atoms with Gasteiger partial charge in [-0.15, -0.1) is 0 Å². The van der Waals surface area contributed by atoms with E-state index in [1.807, 2.05) is 6.92 Å². The molecule has 0 aliphatic rings. The van der Waals surface area contributed by atoms with Crippen molar-refractivity contribution < 1.29 is 14.8 Å². The first kappa shape index (κ1) is 14.7. The molecule has 21 heavy (non-hydrogen) atoms. The molecular weight excluding hydrogens is 274 g/mol. The van der Waals surface area contributed by atoms with E-state index >= 15 is 0 Å². The van der Waals surface area contributed by atoms with Crippen LogP contribution in [0.4, 0.5) is 11.4 Å². The van der Waals surface area contributed by atoms with Gasteiger partial charge in [-0.25, -0.2) is 4.98 Å². The Balaban J connectivity index is 2.27. The van der Waals surface area contributed by atoms with Crippen molar-refractivity contribution in [3.05, 3.63) is 40.6 Å². The van der Waals surface area contributed by atoms with Gasteiger partial charge in [0.05, 0.1) is 4.92 Å². The Morgan fingerprint density at radius 1 is 1.48 bits per heavy atom. The van der Waals surface area contributed by atoms with Gasteiger partial charge in [0.15, 0.2) is 0 Å². The Morgan fingerprint density at radius 3 is 2.90 bits per heavy atom. The van der Waals surface area contributed by atoms with E-state index in [2.05, 4.69) is 10.3 Å². The number of nitro benzene ring substituents is 1. The highest BCUT2D eigenvalue weighted by Gasteiger charge is 2.15. The van der Waals surface area contributed by atoms with E-state index in [9.17, 15) is 14.9 Å². The second kappa shape index (κ2) is 6.17. The van der Waals surface area contributed by atoms with Crippen LogP contribution in [0, 0.1) is 16.0 Å². The minimum absolute atomic E-state index is 0.0465. The summed E-state index contributed by atoms with van der Waals surface area (Å²) in [5, 5.41) is 23.5. The summed E-state index contributed by atoms with van der Waals surface area (Å²) < 4.78 is 0. The molecule has 0 radical (unpaired) electrons. The van der Waals surface area contributed by atoms with Crippen LogP contribution in [-0.2, 0) is 4.79 Å². The van der Waals surface area contributed by atoms with Gasteiger partial charge in [0.2, 0.25) is 0 Å². The van der Waals surface area contributed by atoms with Crippen molar-refractivity contribution in [2.24, 2.45) is 5.92 Å². The van der Waals surface area contributed by atoms with Crippen molar-refractivity contribution in [1.29, 1.82) is 0 Å². The first-order valence-electron chi connectivity index (χ1n) is 6.47. The topological polar surface area (TPSA) is 105 Å². The number of aliphatic carboxylic acids is 1. The van der Waals surface area contributed by atoms with Crippen molar-refractivity contribution in [2.75, 3.05) is 11.9 Å².